The van der Waals surface area contributed by atoms with Crippen molar-refractivity contribution in [2.45, 2.75) is 46.4 Å². The Morgan fingerprint density at radius 2 is 1.89 bits per heavy atom. The lowest BCUT2D eigenvalue weighted by molar-refractivity contribution is -0.143. The summed E-state index contributed by atoms with van der Waals surface area (Å²) in [4.78, 5) is 32.6. The predicted octanol–water partition coefficient (Wildman–Crippen LogP) is 5.65. The number of esters is 1. The van der Waals surface area contributed by atoms with Crippen molar-refractivity contribution in [1.82, 2.24) is 4.57 Å². The summed E-state index contributed by atoms with van der Waals surface area (Å²) in [6, 6.07) is 19.8. The minimum absolute atomic E-state index is 0.195. The van der Waals surface area contributed by atoms with Crippen LogP contribution in [-0.4, -0.2) is 30.4 Å². The summed E-state index contributed by atoms with van der Waals surface area (Å²) in [5.41, 5.74) is 3.29. The Kier molecular flexibility index (Phi) is 10.3. The number of allylic oxidation sites excluding steroid dienone is 1. The van der Waals surface area contributed by atoms with E-state index in [1.807, 2.05) is 55.5 Å². The summed E-state index contributed by atoms with van der Waals surface area (Å²) in [6.45, 7) is 7.95. The number of thiazole rings is 1. The molecule has 5 rings (SSSR count). The number of aromatic nitrogens is 1. The lowest BCUT2D eigenvalue weighted by Gasteiger charge is -2.25. The number of hydrogen-bond acceptors (Lipinski definition) is 9. The van der Waals surface area contributed by atoms with Gasteiger partial charge in [-0.05, 0) is 97.8 Å². The number of halogens is 1. The Bertz CT molecular complexity index is 2040. The second-order valence-electron chi connectivity index (χ2n) is 10.6. The highest BCUT2D eigenvalue weighted by Gasteiger charge is 2.34. The van der Waals surface area contributed by atoms with Crippen LogP contribution in [0.2, 0.25) is 0 Å². The van der Waals surface area contributed by atoms with E-state index in [1.54, 1.807) is 50.7 Å². The molecule has 0 aliphatic carbocycles. The average molecular weight is 750 g/mol. The monoisotopic (exact) mass is 749 g/mol. The summed E-state index contributed by atoms with van der Waals surface area (Å²) in [6.07, 6.45) is 1.44. The van der Waals surface area contributed by atoms with E-state index in [0.29, 0.717) is 50.0 Å². The average Bonchev–Trinajstić information content (AvgIpc) is 3.33. The maximum Gasteiger partial charge on any atom is 0.338 e. The molecule has 0 spiro atoms. The van der Waals surface area contributed by atoms with E-state index in [9.17, 15) is 14.9 Å². The molecule has 0 N–H and O–H groups in total. The van der Waals surface area contributed by atoms with Crippen LogP contribution in [0.4, 0.5) is 0 Å². The molecule has 4 aromatic rings. The van der Waals surface area contributed by atoms with Crippen molar-refractivity contribution in [3.8, 4) is 23.3 Å². The number of fused-ring (bicyclic) bond motifs is 1. The molecule has 1 aliphatic rings. The van der Waals surface area contributed by atoms with Crippen LogP contribution in [0, 0.1) is 14.9 Å². The molecule has 0 bridgehead atoms. The molecular formula is C35H32IN3O6S. The second kappa shape index (κ2) is 14.3. The molecule has 0 amide bonds. The zero-order chi connectivity index (χ0) is 33.0. The largest absolute Gasteiger partial charge is 0.494 e. The van der Waals surface area contributed by atoms with Crippen LogP contribution < -0.4 is 29.1 Å². The van der Waals surface area contributed by atoms with Crippen LogP contribution in [0.3, 0.4) is 0 Å². The van der Waals surface area contributed by atoms with Crippen molar-refractivity contribution in [2.75, 3.05) is 13.7 Å². The van der Waals surface area contributed by atoms with Crippen LogP contribution in [-0.2, 0) is 16.1 Å². The Hall–Kier alpha value is -4.41. The van der Waals surface area contributed by atoms with Gasteiger partial charge in [0.1, 0.15) is 12.4 Å². The lowest BCUT2D eigenvalue weighted by atomic mass is 9.96. The van der Waals surface area contributed by atoms with Gasteiger partial charge in [0.2, 0.25) is 0 Å². The van der Waals surface area contributed by atoms with Gasteiger partial charge in [-0.2, -0.15) is 5.26 Å². The first-order valence-electron chi connectivity index (χ1n) is 14.6. The normalized spacial score (nSPS) is 14.4. The molecule has 3 aromatic carbocycles. The SMILES string of the molecule is CCOc1ccc([C@@H]2C(C(=O)OC(C)C)=C(C)N=c3s/c(=C/c4cc(I)c(OCc5ccccc5C#N)c(OC)c4)c(=O)n32)cc1. The highest BCUT2D eigenvalue weighted by molar-refractivity contribution is 14.1. The van der Waals surface area contributed by atoms with Crippen LogP contribution in [0.25, 0.3) is 6.08 Å². The summed E-state index contributed by atoms with van der Waals surface area (Å²) < 4.78 is 25.8. The Morgan fingerprint density at radius 1 is 1.15 bits per heavy atom. The van der Waals surface area contributed by atoms with Gasteiger partial charge in [-0.1, -0.05) is 41.7 Å². The van der Waals surface area contributed by atoms with Gasteiger partial charge in [0.05, 0.1) is 56.9 Å². The van der Waals surface area contributed by atoms with Gasteiger partial charge < -0.3 is 18.9 Å². The van der Waals surface area contributed by atoms with E-state index in [-0.39, 0.29) is 18.3 Å². The smallest absolute Gasteiger partial charge is 0.338 e. The fourth-order valence-electron chi connectivity index (χ4n) is 5.11. The fourth-order valence-corrected chi connectivity index (χ4v) is 6.94. The molecule has 236 valence electrons. The minimum Gasteiger partial charge on any atom is -0.494 e. The molecule has 0 saturated heterocycles. The maximum atomic E-state index is 14.1. The summed E-state index contributed by atoms with van der Waals surface area (Å²) >= 11 is 3.41. The maximum absolute atomic E-state index is 14.1. The Morgan fingerprint density at radius 3 is 2.57 bits per heavy atom. The van der Waals surface area contributed by atoms with E-state index in [0.717, 1.165) is 20.3 Å². The summed E-state index contributed by atoms with van der Waals surface area (Å²) in [7, 11) is 1.55. The van der Waals surface area contributed by atoms with Gasteiger partial charge in [-0.25, -0.2) is 9.79 Å². The molecule has 9 nitrogen and oxygen atoms in total. The van der Waals surface area contributed by atoms with E-state index in [1.165, 1.54) is 11.3 Å². The second-order valence-corrected chi connectivity index (χ2v) is 12.8. The number of carbonyl (C=O) groups is 1. The molecule has 1 atom stereocenters. The van der Waals surface area contributed by atoms with Crippen molar-refractivity contribution in [3.05, 3.63) is 117 Å². The van der Waals surface area contributed by atoms with Crippen molar-refractivity contribution in [3.63, 3.8) is 0 Å². The molecule has 0 radical (unpaired) electrons. The Labute approximate surface area is 284 Å². The zero-order valence-electron chi connectivity index (χ0n) is 26.0. The lowest BCUT2D eigenvalue weighted by Crippen LogP contribution is -2.40. The van der Waals surface area contributed by atoms with E-state index >= 15 is 0 Å². The van der Waals surface area contributed by atoms with Crippen molar-refractivity contribution in [2.24, 2.45) is 4.99 Å². The molecule has 1 aromatic heterocycles. The molecule has 11 heteroatoms. The number of hydrogen-bond donors (Lipinski definition) is 0. The Balaban J connectivity index is 1.57. The molecule has 0 saturated carbocycles. The van der Waals surface area contributed by atoms with Crippen molar-refractivity contribution in [1.29, 1.82) is 5.26 Å². The molecule has 1 aliphatic heterocycles. The molecule has 0 fully saturated rings. The first-order valence-corrected chi connectivity index (χ1v) is 16.5. The van der Waals surface area contributed by atoms with Crippen LogP contribution in [0.15, 0.2) is 81.7 Å². The number of ether oxygens (including phenoxy) is 4. The zero-order valence-corrected chi connectivity index (χ0v) is 29.0. The summed E-state index contributed by atoms with van der Waals surface area (Å²) in [5, 5.41) is 9.43. The van der Waals surface area contributed by atoms with E-state index < -0.39 is 12.0 Å². The number of rotatable bonds is 10. The van der Waals surface area contributed by atoms with Gasteiger partial charge >= 0.3 is 5.97 Å². The highest BCUT2D eigenvalue weighted by atomic mass is 127. The van der Waals surface area contributed by atoms with Crippen molar-refractivity contribution < 1.29 is 23.7 Å². The topological polar surface area (TPSA) is 112 Å². The first kappa shape index (κ1) is 33.0. The third kappa shape index (κ3) is 6.88. The van der Waals surface area contributed by atoms with Crippen LogP contribution in [0.1, 0.15) is 56.0 Å². The number of benzene rings is 3. The van der Waals surface area contributed by atoms with Crippen LogP contribution >= 0.6 is 33.9 Å². The third-order valence-corrected chi connectivity index (χ3v) is 8.93. The predicted molar refractivity (Wildman–Crippen MR) is 184 cm³/mol. The number of nitrogens with zero attached hydrogens (tertiary/aromatic N) is 3. The van der Waals surface area contributed by atoms with Crippen molar-refractivity contribution >= 4 is 46.0 Å². The van der Waals surface area contributed by atoms with E-state index in [4.69, 9.17) is 18.9 Å². The van der Waals surface area contributed by atoms with Crippen LogP contribution in [0.5, 0.6) is 17.2 Å². The van der Waals surface area contributed by atoms with Gasteiger partial charge in [0.25, 0.3) is 5.56 Å². The highest BCUT2D eigenvalue weighted by Crippen LogP contribution is 2.35. The van der Waals surface area contributed by atoms with Gasteiger partial charge in [-0.3, -0.25) is 9.36 Å². The van der Waals surface area contributed by atoms with E-state index in [2.05, 4.69) is 33.7 Å². The number of carbonyl (C=O) groups excluding carboxylic acids is 1. The third-order valence-electron chi connectivity index (χ3n) is 7.15. The fraction of sp³-hybridized carbons (Fsp3) is 0.257. The van der Waals surface area contributed by atoms with Gasteiger partial charge in [0, 0.05) is 5.56 Å². The quantitative estimate of drug-likeness (QED) is 0.152. The molecule has 0 unspecified atom stereocenters. The molecule has 2 heterocycles. The van der Waals surface area contributed by atoms with Gasteiger partial charge in [0.15, 0.2) is 16.3 Å². The number of methoxy groups -OCH3 is 1. The number of nitriles is 1. The summed E-state index contributed by atoms with van der Waals surface area (Å²) in [5.74, 6) is 1.20. The standard InChI is InChI=1S/C35H32IN3O6S/c1-6-43-26-13-11-23(12-14-26)31-30(34(41)45-20(2)3)21(4)38-35-39(31)33(40)29(46-35)17-22-15-27(36)32(28(16-22)42-5)44-19-25-10-8-7-9-24(25)18-37/h7-17,20,31H,6,19H2,1-5H3/b29-17+/t31-/m1/s1. The van der Waals surface area contributed by atoms with Gasteiger partial charge in [-0.15, -0.1) is 0 Å². The minimum atomic E-state index is -0.734. The molecular weight excluding hydrogens is 717 g/mol. The first-order chi connectivity index (χ1) is 22.1. The molecule has 46 heavy (non-hydrogen) atoms.